The Hall–Kier alpha value is -2.93. The molecule has 0 fully saturated rings. The summed E-state index contributed by atoms with van der Waals surface area (Å²) in [7, 11) is -4.88. The zero-order chi connectivity index (χ0) is 22.3. The van der Waals surface area contributed by atoms with Gasteiger partial charge in [0.25, 0.3) is 11.4 Å². The number of hydrogen-bond acceptors (Lipinski definition) is 7. The van der Waals surface area contributed by atoms with E-state index in [2.05, 4.69) is 14.2 Å². The molecule has 0 radical (unpaired) electrons. The summed E-state index contributed by atoms with van der Waals surface area (Å²) < 4.78 is 83.8. The van der Waals surface area contributed by atoms with Crippen LogP contribution in [-0.4, -0.2) is 35.6 Å². The van der Waals surface area contributed by atoms with Crippen LogP contribution in [0.3, 0.4) is 0 Å². The molecule has 14 heteroatoms. The number of fused-ring (bicyclic) bond motifs is 1. The smallest absolute Gasteiger partial charge is 0.494 e. The topological polar surface area (TPSA) is 100 Å². The Labute approximate surface area is 170 Å². The number of benzene rings is 1. The number of methoxy groups -OCH3 is 1. The van der Waals surface area contributed by atoms with Crippen molar-refractivity contribution in [2.45, 2.75) is 12.1 Å². The molecule has 2 aromatic heterocycles. The van der Waals surface area contributed by atoms with Gasteiger partial charge in [0.05, 0.1) is 31.2 Å². The van der Waals surface area contributed by atoms with Crippen LogP contribution in [-0.2, 0) is 16.7 Å². The number of ether oxygens (including phenoxy) is 1. The summed E-state index contributed by atoms with van der Waals surface area (Å²) in [5.41, 5.74) is -6.64. The summed E-state index contributed by atoms with van der Waals surface area (Å²) in [6, 6.07) is 3.74. The monoisotopic (exact) mass is 467 g/mol. The van der Waals surface area contributed by atoms with Crippen molar-refractivity contribution in [2.24, 2.45) is 0 Å². The van der Waals surface area contributed by atoms with Crippen LogP contribution in [0.1, 0.15) is 5.56 Å². The average molecular weight is 468 g/mol. The maximum atomic E-state index is 13.3. The molecule has 0 spiro atoms. The van der Waals surface area contributed by atoms with E-state index < -0.39 is 38.4 Å². The van der Waals surface area contributed by atoms with Crippen molar-refractivity contribution in [1.29, 1.82) is 0 Å². The average Bonchev–Trinajstić information content (AvgIpc) is 2.66. The van der Waals surface area contributed by atoms with Gasteiger partial charge in [-0.25, -0.2) is 14.4 Å². The van der Waals surface area contributed by atoms with Crippen LogP contribution in [0.25, 0.3) is 10.9 Å². The molecular formula is C16H10ClF4N3O5S. The lowest BCUT2D eigenvalue weighted by Gasteiger charge is -2.13. The van der Waals surface area contributed by atoms with Gasteiger partial charge in [-0.2, -0.15) is 21.6 Å². The first-order valence-corrected chi connectivity index (χ1v) is 9.60. The van der Waals surface area contributed by atoms with E-state index in [-0.39, 0.29) is 22.7 Å². The van der Waals surface area contributed by atoms with Crippen LogP contribution in [0.2, 0.25) is 5.02 Å². The molecule has 3 aromatic rings. The Balaban J connectivity index is 2.13. The molecule has 0 aliphatic rings. The predicted octanol–water partition coefficient (Wildman–Crippen LogP) is 2.87. The molecule has 3 rings (SSSR count). The van der Waals surface area contributed by atoms with Gasteiger partial charge in [-0.15, -0.1) is 0 Å². The summed E-state index contributed by atoms with van der Waals surface area (Å²) in [6.45, 7) is -0.121. The number of alkyl halides is 3. The van der Waals surface area contributed by atoms with E-state index in [9.17, 15) is 30.8 Å². The summed E-state index contributed by atoms with van der Waals surface area (Å²) in [5.74, 6) is -1.88. The fourth-order valence-corrected chi connectivity index (χ4v) is 3.06. The van der Waals surface area contributed by atoms with Crippen molar-refractivity contribution in [3.05, 3.63) is 57.5 Å². The molecule has 160 valence electrons. The highest BCUT2D eigenvalue weighted by Gasteiger charge is 2.49. The first-order chi connectivity index (χ1) is 13.9. The zero-order valence-corrected chi connectivity index (χ0v) is 16.3. The Bertz CT molecular complexity index is 1290. The molecule has 8 nitrogen and oxygen atoms in total. The number of pyridine rings is 1. The molecule has 1 aromatic carbocycles. The SMILES string of the molecule is COc1cnc(OS(=O)(=O)C(F)(F)F)c2ncn(Cc3ccc(F)c(Cl)c3)c(=O)c12. The Morgan fingerprint density at radius 2 is 1.93 bits per heavy atom. The molecule has 0 bridgehead atoms. The van der Waals surface area contributed by atoms with E-state index in [1.165, 1.54) is 19.2 Å². The lowest BCUT2D eigenvalue weighted by Crippen LogP contribution is -2.29. The van der Waals surface area contributed by atoms with E-state index in [1.54, 1.807) is 0 Å². The van der Waals surface area contributed by atoms with Crippen molar-refractivity contribution in [2.75, 3.05) is 7.11 Å². The normalized spacial score (nSPS) is 12.2. The third-order valence-corrected chi connectivity index (χ3v) is 5.05. The second kappa shape index (κ2) is 7.72. The third kappa shape index (κ3) is 4.03. The fourth-order valence-electron chi connectivity index (χ4n) is 2.43. The molecule has 0 aliphatic carbocycles. The lowest BCUT2D eigenvalue weighted by atomic mass is 10.2. The number of hydrogen-bond donors (Lipinski definition) is 0. The second-order valence-electron chi connectivity index (χ2n) is 5.76. The number of nitrogens with zero attached hydrogens (tertiary/aromatic N) is 3. The highest BCUT2D eigenvalue weighted by Crippen LogP contribution is 2.31. The second-order valence-corrected chi connectivity index (χ2v) is 7.71. The highest BCUT2D eigenvalue weighted by molar-refractivity contribution is 7.88. The summed E-state index contributed by atoms with van der Waals surface area (Å²) in [6.07, 6.45) is 1.77. The quantitative estimate of drug-likeness (QED) is 0.323. The summed E-state index contributed by atoms with van der Waals surface area (Å²) in [4.78, 5) is 20.1. The van der Waals surface area contributed by atoms with Crippen LogP contribution in [0.15, 0.2) is 35.5 Å². The van der Waals surface area contributed by atoms with Crippen LogP contribution in [0, 0.1) is 5.82 Å². The molecule has 0 saturated heterocycles. The van der Waals surface area contributed by atoms with Gasteiger partial charge in [-0.05, 0) is 17.7 Å². The van der Waals surface area contributed by atoms with Gasteiger partial charge in [0, 0.05) is 0 Å². The van der Waals surface area contributed by atoms with Gasteiger partial charge in [0.2, 0.25) is 0 Å². The molecule has 0 saturated carbocycles. The summed E-state index contributed by atoms with van der Waals surface area (Å²) in [5, 5.41) is -0.542. The molecule has 0 N–H and O–H groups in total. The van der Waals surface area contributed by atoms with Gasteiger partial charge in [-0.1, -0.05) is 17.7 Å². The Kier molecular flexibility index (Phi) is 5.60. The van der Waals surface area contributed by atoms with Gasteiger partial charge in [0.1, 0.15) is 16.7 Å². The minimum atomic E-state index is -6.04. The molecule has 30 heavy (non-hydrogen) atoms. The van der Waals surface area contributed by atoms with E-state index in [1.807, 2.05) is 0 Å². The predicted molar refractivity (Wildman–Crippen MR) is 96.5 cm³/mol. The van der Waals surface area contributed by atoms with E-state index in [4.69, 9.17) is 16.3 Å². The van der Waals surface area contributed by atoms with E-state index >= 15 is 0 Å². The molecule has 0 amide bonds. The number of rotatable bonds is 5. The fraction of sp³-hybridized carbons (Fsp3) is 0.188. The highest BCUT2D eigenvalue weighted by atomic mass is 35.5. The van der Waals surface area contributed by atoms with Crippen molar-refractivity contribution in [1.82, 2.24) is 14.5 Å². The zero-order valence-electron chi connectivity index (χ0n) is 14.8. The molecule has 0 unspecified atom stereocenters. The minimum Gasteiger partial charge on any atom is -0.494 e. The largest absolute Gasteiger partial charge is 0.534 e. The first-order valence-electron chi connectivity index (χ1n) is 7.81. The van der Waals surface area contributed by atoms with Gasteiger partial charge in [-0.3, -0.25) is 9.36 Å². The minimum absolute atomic E-state index is 0.121. The van der Waals surface area contributed by atoms with E-state index in [0.29, 0.717) is 5.56 Å². The Morgan fingerprint density at radius 3 is 2.53 bits per heavy atom. The maximum Gasteiger partial charge on any atom is 0.534 e. The molecular weight excluding hydrogens is 458 g/mol. The van der Waals surface area contributed by atoms with Crippen LogP contribution in [0.5, 0.6) is 11.6 Å². The lowest BCUT2D eigenvalue weighted by molar-refractivity contribution is -0.0500. The molecule has 0 atom stereocenters. The third-order valence-electron chi connectivity index (χ3n) is 3.81. The summed E-state index contributed by atoms with van der Waals surface area (Å²) >= 11 is 5.71. The molecule has 0 aliphatic heterocycles. The first kappa shape index (κ1) is 21.8. The van der Waals surface area contributed by atoms with Gasteiger partial charge >= 0.3 is 15.6 Å². The van der Waals surface area contributed by atoms with Crippen molar-refractivity contribution in [3.8, 4) is 11.6 Å². The van der Waals surface area contributed by atoms with Crippen molar-refractivity contribution >= 4 is 32.6 Å². The van der Waals surface area contributed by atoms with Gasteiger partial charge in [0.15, 0.2) is 5.75 Å². The van der Waals surface area contributed by atoms with Crippen LogP contribution >= 0.6 is 11.6 Å². The number of halogens is 5. The van der Waals surface area contributed by atoms with E-state index in [0.717, 1.165) is 23.2 Å². The number of aromatic nitrogens is 3. The standard InChI is InChI=1S/C16H10ClF4N3O5S/c1-28-11-5-22-14(29-30(26,27)16(19,20)21)13-12(11)15(25)24(7-23-13)6-8-2-3-10(18)9(17)4-8/h2-5,7H,6H2,1H3. The van der Waals surface area contributed by atoms with Crippen LogP contribution < -0.4 is 14.5 Å². The van der Waals surface area contributed by atoms with Crippen molar-refractivity contribution < 1.29 is 34.9 Å². The van der Waals surface area contributed by atoms with Gasteiger partial charge < -0.3 is 8.92 Å². The van der Waals surface area contributed by atoms with Crippen molar-refractivity contribution in [3.63, 3.8) is 0 Å². The maximum absolute atomic E-state index is 13.3. The molecule has 2 heterocycles. The Morgan fingerprint density at radius 1 is 1.23 bits per heavy atom. The van der Waals surface area contributed by atoms with Crippen LogP contribution in [0.4, 0.5) is 17.6 Å².